The zero-order valence-electron chi connectivity index (χ0n) is 10.8. The first-order valence-electron chi connectivity index (χ1n) is 6.19. The molecule has 1 aromatic rings. The Hall–Kier alpha value is -0.830. The number of rotatable bonds is 3. The van der Waals surface area contributed by atoms with Crippen molar-refractivity contribution in [3.8, 4) is 0 Å². The summed E-state index contributed by atoms with van der Waals surface area (Å²) in [4.78, 5) is 0. The third-order valence-electron chi connectivity index (χ3n) is 3.42. The van der Waals surface area contributed by atoms with Crippen molar-refractivity contribution in [1.29, 1.82) is 0 Å². The molecule has 1 heterocycles. The molecule has 0 spiro atoms. The SMILES string of the molecule is CC(C)=C[C@@H]1C[C@](CO)(c2cccc(Cl)c2)CO1. The molecule has 3 heteroatoms. The highest BCUT2D eigenvalue weighted by atomic mass is 35.5. The summed E-state index contributed by atoms with van der Waals surface area (Å²) in [6.45, 7) is 4.74. The fourth-order valence-electron chi connectivity index (χ4n) is 2.47. The lowest BCUT2D eigenvalue weighted by atomic mass is 9.79. The quantitative estimate of drug-likeness (QED) is 0.851. The average Bonchev–Trinajstić information content (AvgIpc) is 2.73. The molecule has 0 aliphatic carbocycles. The van der Waals surface area contributed by atoms with Crippen LogP contribution in [0.4, 0.5) is 0 Å². The predicted molar refractivity (Wildman–Crippen MR) is 74.0 cm³/mol. The maximum atomic E-state index is 9.77. The molecule has 98 valence electrons. The molecule has 2 nitrogen and oxygen atoms in total. The molecular formula is C15H19ClO2. The molecule has 2 atom stereocenters. The molecule has 1 fully saturated rings. The summed E-state index contributed by atoms with van der Waals surface area (Å²) < 4.78 is 5.79. The summed E-state index contributed by atoms with van der Waals surface area (Å²) in [6, 6.07) is 7.70. The van der Waals surface area contributed by atoms with E-state index in [2.05, 4.69) is 19.9 Å². The second-order valence-electron chi connectivity index (χ2n) is 5.25. The van der Waals surface area contributed by atoms with E-state index < -0.39 is 0 Å². The van der Waals surface area contributed by atoms with Crippen LogP contribution >= 0.6 is 11.6 Å². The van der Waals surface area contributed by atoms with Gasteiger partial charge in [0, 0.05) is 10.4 Å². The van der Waals surface area contributed by atoms with E-state index in [0.29, 0.717) is 11.6 Å². The van der Waals surface area contributed by atoms with Crippen LogP contribution in [0.1, 0.15) is 25.8 Å². The van der Waals surface area contributed by atoms with E-state index in [0.717, 1.165) is 12.0 Å². The summed E-state index contributed by atoms with van der Waals surface area (Å²) in [6.07, 6.45) is 3.00. The van der Waals surface area contributed by atoms with Gasteiger partial charge in [-0.15, -0.1) is 0 Å². The van der Waals surface area contributed by atoms with Crippen LogP contribution in [0.3, 0.4) is 0 Å². The van der Waals surface area contributed by atoms with Crippen molar-refractivity contribution in [1.82, 2.24) is 0 Å². The molecule has 0 aromatic heterocycles. The Kier molecular flexibility index (Phi) is 4.10. The number of benzene rings is 1. The van der Waals surface area contributed by atoms with Crippen molar-refractivity contribution >= 4 is 11.6 Å². The van der Waals surface area contributed by atoms with Gasteiger partial charge in [0.2, 0.25) is 0 Å². The molecule has 1 aliphatic heterocycles. The predicted octanol–water partition coefficient (Wildman–Crippen LogP) is 3.33. The Labute approximate surface area is 113 Å². The third kappa shape index (κ3) is 2.77. The standard InChI is InChI=1S/C15H19ClO2/c1-11(2)6-14-8-15(9-17,10-18-14)12-4-3-5-13(16)7-12/h3-7,14,17H,8-10H2,1-2H3/t14-,15-/m1/s1. The highest BCUT2D eigenvalue weighted by molar-refractivity contribution is 6.30. The molecule has 1 aromatic carbocycles. The minimum absolute atomic E-state index is 0.0838. The summed E-state index contributed by atoms with van der Waals surface area (Å²) in [5.41, 5.74) is 1.98. The first-order valence-corrected chi connectivity index (χ1v) is 6.57. The number of halogens is 1. The van der Waals surface area contributed by atoms with E-state index >= 15 is 0 Å². The number of allylic oxidation sites excluding steroid dienone is 1. The van der Waals surface area contributed by atoms with E-state index in [1.807, 2.05) is 24.3 Å². The number of aliphatic hydroxyl groups excluding tert-OH is 1. The van der Waals surface area contributed by atoms with Gasteiger partial charge in [0.1, 0.15) is 0 Å². The van der Waals surface area contributed by atoms with Gasteiger partial charge in [-0.05, 0) is 38.0 Å². The Morgan fingerprint density at radius 2 is 2.33 bits per heavy atom. The van der Waals surface area contributed by atoms with E-state index in [4.69, 9.17) is 16.3 Å². The number of hydrogen-bond donors (Lipinski definition) is 1. The maximum Gasteiger partial charge on any atom is 0.0768 e. The zero-order chi connectivity index (χ0) is 13.2. The van der Waals surface area contributed by atoms with Gasteiger partial charge in [-0.2, -0.15) is 0 Å². The molecule has 0 bridgehead atoms. The lowest BCUT2D eigenvalue weighted by Crippen LogP contribution is -2.31. The van der Waals surface area contributed by atoms with E-state index in [-0.39, 0.29) is 18.1 Å². The van der Waals surface area contributed by atoms with Gasteiger partial charge in [-0.1, -0.05) is 35.4 Å². The van der Waals surface area contributed by atoms with Gasteiger partial charge in [0.15, 0.2) is 0 Å². The minimum atomic E-state index is -0.318. The van der Waals surface area contributed by atoms with Crippen LogP contribution < -0.4 is 0 Å². The van der Waals surface area contributed by atoms with Gasteiger partial charge in [0.05, 0.1) is 19.3 Å². The van der Waals surface area contributed by atoms with Crippen molar-refractivity contribution in [2.75, 3.05) is 13.2 Å². The minimum Gasteiger partial charge on any atom is -0.395 e. The smallest absolute Gasteiger partial charge is 0.0768 e. The molecule has 1 saturated heterocycles. The van der Waals surface area contributed by atoms with Crippen molar-refractivity contribution in [2.24, 2.45) is 0 Å². The Morgan fingerprint density at radius 1 is 1.56 bits per heavy atom. The second-order valence-corrected chi connectivity index (χ2v) is 5.68. The molecule has 0 unspecified atom stereocenters. The van der Waals surface area contributed by atoms with Crippen LogP contribution in [0.25, 0.3) is 0 Å². The van der Waals surface area contributed by atoms with Crippen LogP contribution in [0.5, 0.6) is 0 Å². The molecule has 0 amide bonds. The molecule has 0 saturated carbocycles. The van der Waals surface area contributed by atoms with Crippen molar-refractivity contribution < 1.29 is 9.84 Å². The average molecular weight is 267 g/mol. The lowest BCUT2D eigenvalue weighted by molar-refractivity contribution is 0.116. The molecule has 1 N–H and O–H groups in total. The van der Waals surface area contributed by atoms with E-state index in [9.17, 15) is 5.11 Å². The van der Waals surface area contributed by atoms with Gasteiger partial charge in [-0.25, -0.2) is 0 Å². The fourth-order valence-corrected chi connectivity index (χ4v) is 2.66. The van der Waals surface area contributed by atoms with Gasteiger partial charge in [-0.3, -0.25) is 0 Å². The molecular weight excluding hydrogens is 248 g/mol. The van der Waals surface area contributed by atoms with Crippen LogP contribution in [-0.2, 0) is 10.2 Å². The number of aliphatic hydroxyl groups is 1. The van der Waals surface area contributed by atoms with Crippen LogP contribution in [-0.4, -0.2) is 24.4 Å². The van der Waals surface area contributed by atoms with Crippen molar-refractivity contribution in [3.63, 3.8) is 0 Å². The fraction of sp³-hybridized carbons (Fsp3) is 0.467. The Bertz CT molecular complexity index is 452. The topological polar surface area (TPSA) is 29.5 Å². The largest absolute Gasteiger partial charge is 0.395 e. The second kappa shape index (κ2) is 5.43. The summed E-state index contributed by atoms with van der Waals surface area (Å²) in [7, 11) is 0. The molecule has 18 heavy (non-hydrogen) atoms. The molecule has 1 aliphatic rings. The van der Waals surface area contributed by atoms with Crippen LogP contribution in [0.2, 0.25) is 5.02 Å². The van der Waals surface area contributed by atoms with Gasteiger partial charge in [0.25, 0.3) is 0 Å². The summed E-state index contributed by atoms with van der Waals surface area (Å²) in [5.74, 6) is 0. The first kappa shape index (κ1) is 13.6. The number of hydrogen-bond acceptors (Lipinski definition) is 2. The van der Waals surface area contributed by atoms with Crippen molar-refractivity contribution in [3.05, 3.63) is 46.5 Å². The lowest BCUT2D eigenvalue weighted by Gasteiger charge is -2.25. The van der Waals surface area contributed by atoms with Gasteiger partial charge < -0.3 is 9.84 Å². The van der Waals surface area contributed by atoms with Crippen LogP contribution in [0.15, 0.2) is 35.9 Å². The zero-order valence-corrected chi connectivity index (χ0v) is 11.6. The highest BCUT2D eigenvalue weighted by Crippen LogP contribution is 2.37. The Morgan fingerprint density at radius 3 is 2.94 bits per heavy atom. The highest BCUT2D eigenvalue weighted by Gasteiger charge is 2.40. The normalized spacial score (nSPS) is 27.2. The molecule has 2 rings (SSSR count). The number of ether oxygens (including phenoxy) is 1. The summed E-state index contributed by atoms with van der Waals surface area (Å²) in [5, 5.41) is 10.5. The monoisotopic (exact) mass is 266 g/mol. The van der Waals surface area contributed by atoms with E-state index in [1.54, 1.807) is 0 Å². The first-order chi connectivity index (χ1) is 8.55. The van der Waals surface area contributed by atoms with E-state index in [1.165, 1.54) is 5.57 Å². The Balaban J connectivity index is 2.26. The molecule has 0 radical (unpaired) electrons. The van der Waals surface area contributed by atoms with Crippen LogP contribution in [0, 0.1) is 0 Å². The van der Waals surface area contributed by atoms with Gasteiger partial charge >= 0.3 is 0 Å². The summed E-state index contributed by atoms with van der Waals surface area (Å²) >= 11 is 6.03. The van der Waals surface area contributed by atoms with Crippen molar-refractivity contribution in [2.45, 2.75) is 31.8 Å². The third-order valence-corrected chi connectivity index (χ3v) is 3.66. The maximum absolute atomic E-state index is 9.77.